The van der Waals surface area contributed by atoms with Crippen molar-refractivity contribution < 1.29 is 0 Å². The Bertz CT molecular complexity index is 185. The smallest absolute Gasteiger partial charge is 0.0419 e. The molecule has 0 aliphatic rings. The van der Waals surface area contributed by atoms with Crippen LogP contribution in [0.1, 0.15) is 5.69 Å². The molecule has 0 radical (unpaired) electrons. The molecule has 48 valence electrons. The van der Waals surface area contributed by atoms with E-state index in [-0.39, 0.29) is 0 Å². The summed E-state index contributed by atoms with van der Waals surface area (Å²) < 4.78 is 0. The summed E-state index contributed by atoms with van der Waals surface area (Å²) >= 11 is 0. The number of rotatable bonds is 1. The van der Waals surface area contributed by atoms with E-state index in [9.17, 15) is 0 Å². The maximum absolute atomic E-state index is 5.46. The minimum Gasteiger partial charge on any atom is -0.260 e. The van der Waals surface area contributed by atoms with E-state index in [4.69, 9.17) is 10.7 Å². The first-order valence-electron chi connectivity index (χ1n) is 2.54. The Morgan fingerprint density at radius 1 is 1.56 bits per heavy atom. The molecule has 0 unspecified atom stereocenters. The number of pyridine rings is 1. The number of aromatic nitrogens is 1. The van der Waals surface area contributed by atoms with Crippen molar-refractivity contribution in [3.63, 3.8) is 0 Å². The third-order valence-corrected chi connectivity index (χ3v) is 1.93. The van der Waals surface area contributed by atoms with Gasteiger partial charge in [0.1, 0.15) is 0 Å². The minimum atomic E-state index is 0.988. The van der Waals surface area contributed by atoms with Gasteiger partial charge in [-0.1, -0.05) is 0 Å². The van der Waals surface area contributed by atoms with E-state index in [1.165, 1.54) is 11.0 Å². The van der Waals surface area contributed by atoms with Gasteiger partial charge in [0, 0.05) is 16.8 Å². The molecule has 1 nitrogen and oxygen atoms in total. The Balaban J connectivity index is 2.88. The quantitative estimate of drug-likeness (QED) is 0.625. The van der Waals surface area contributed by atoms with Crippen LogP contribution in [-0.4, -0.2) is 4.98 Å². The maximum Gasteiger partial charge on any atom is 0.0419 e. The van der Waals surface area contributed by atoms with Crippen LogP contribution in [0.4, 0.5) is 0 Å². The highest BCUT2D eigenvalue weighted by Gasteiger charge is 1.88. The van der Waals surface area contributed by atoms with Gasteiger partial charge in [-0.15, -0.1) is 0 Å². The molecule has 1 aromatic rings. The summed E-state index contributed by atoms with van der Waals surface area (Å²) in [6.45, 7) is 1.95. The molecule has 9 heavy (non-hydrogen) atoms. The highest BCUT2D eigenvalue weighted by molar-refractivity contribution is 8.21. The molecule has 1 rings (SSSR count). The summed E-state index contributed by atoms with van der Waals surface area (Å²) in [7, 11) is 6.64. The van der Waals surface area contributed by atoms with E-state index in [0.717, 1.165) is 10.6 Å². The van der Waals surface area contributed by atoms with E-state index >= 15 is 0 Å². The number of hydrogen-bond donors (Lipinski definition) is 0. The highest BCUT2D eigenvalue weighted by Crippen LogP contribution is 2.19. The molecule has 0 N–H and O–H groups in total. The zero-order valence-electron chi connectivity index (χ0n) is 4.97. The lowest BCUT2D eigenvalue weighted by Gasteiger charge is -1.91. The Hall–Kier alpha value is -0.210. The average Bonchev–Trinajstić information content (AvgIpc) is 1.90. The molecule has 0 aliphatic heterocycles. The van der Waals surface area contributed by atoms with Crippen LogP contribution in [0.3, 0.4) is 0 Å². The van der Waals surface area contributed by atoms with E-state index < -0.39 is 0 Å². The maximum atomic E-state index is 5.46. The van der Waals surface area contributed by atoms with Crippen LogP contribution in [0.5, 0.6) is 0 Å². The molecule has 0 spiro atoms. The van der Waals surface area contributed by atoms with Crippen LogP contribution in [-0.2, 0) is 0 Å². The number of nitrogens with zero attached hydrogens (tertiary/aromatic N) is 1. The Kier molecular flexibility index (Phi) is 2.37. The van der Waals surface area contributed by atoms with E-state index in [1.54, 1.807) is 6.20 Å². The van der Waals surface area contributed by atoms with Crippen LogP contribution < -0.4 is 0 Å². The molecule has 0 amide bonds. The number of aryl methyl sites for hydroxylation is 1. The van der Waals surface area contributed by atoms with Gasteiger partial charge >= 0.3 is 0 Å². The Morgan fingerprint density at radius 3 is 2.78 bits per heavy atom. The van der Waals surface area contributed by atoms with Crippen molar-refractivity contribution in [1.82, 2.24) is 4.98 Å². The lowest BCUT2D eigenvalue weighted by Crippen LogP contribution is -1.76. The molecule has 0 bridgehead atoms. The summed E-state index contributed by atoms with van der Waals surface area (Å²) in [5, 5.41) is 0. The summed E-state index contributed by atoms with van der Waals surface area (Å²) in [4.78, 5) is 5.03. The van der Waals surface area contributed by atoms with Gasteiger partial charge in [0.25, 0.3) is 0 Å². The SMILES string of the molecule is Cc1ccc(SCl)cn1. The van der Waals surface area contributed by atoms with Crippen molar-refractivity contribution in [2.45, 2.75) is 11.8 Å². The molecular weight excluding hydrogens is 154 g/mol. The van der Waals surface area contributed by atoms with Gasteiger partial charge in [-0.3, -0.25) is 4.98 Å². The summed E-state index contributed by atoms with van der Waals surface area (Å²) in [6.07, 6.45) is 1.76. The first-order valence-corrected chi connectivity index (χ1v) is 4.18. The lowest BCUT2D eigenvalue weighted by atomic mass is 10.4. The minimum absolute atomic E-state index is 0.988. The van der Waals surface area contributed by atoms with Crippen molar-refractivity contribution in [2.75, 3.05) is 0 Å². The van der Waals surface area contributed by atoms with Crippen molar-refractivity contribution in [1.29, 1.82) is 0 Å². The second-order valence-corrected chi connectivity index (χ2v) is 2.80. The fourth-order valence-electron chi connectivity index (χ4n) is 0.500. The van der Waals surface area contributed by atoms with Crippen LogP contribution in [0.2, 0.25) is 0 Å². The zero-order valence-corrected chi connectivity index (χ0v) is 6.54. The monoisotopic (exact) mass is 159 g/mol. The van der Waals surface area contributed by atoms with Crippen molar-refractivity contribution >= 4 is 21.7 Å². The summed E-state index contributed by atoms with van der Waals surface area (Å²) in [6, 6.07) is 3.88. The first kappa shape index (κ1) is 6.90. The Labute approximate surface area is 62.9 Å². The van der Waals surface area contributed by atoms with E-state index in [0.29, 0.717) is 0 Å². The topological polar surface area (TPSA) is 12.9 Å². The number of halogens is 1. The summed E-state index contributed by atoms with van der Waals surface area (Å²) in [5.41, 5.74) is 1.02. The zero-order chi connectivity index (χ0) is 6.69. The van der Waals surface area contributed by atoms with Gasteiger partial charge in [-0.2, -0.15) is 0 Å². The van der Waals surface area contributed by atoms with Gasteiger partial charge in [0.2, 0.25) is 0 Å². The fourth-order valence-corrected chi connectivity index (χ4v) is 0.986. The van der Waals surface area contributed by atoms with Crippen molar-refractivity contribution in [3.05, 3.63) is 24.0 Å². The van der Waals surface area contributed by atoms with Gasteiger partial charge in [-0.05, 0) is 40.7 Å². The van der Waals surface area contributed by atoms with Gasteiger partial charge in [0.05, 0.1) is 0 Å². The first-order chi connectivity index (χ1) is 4.33. The number of hydrogen-bond acceptors (Lipinski definition) is 2. The second-order valence-electron chi connectivity index (χ2n) is 1.71. The molecular formula is C6H6ClNS. The fraction of sp³-hybridized carbons (Fsp3) is 0.167. The normalized spacial score (nSPS) is 9.56. The predicted molar refractivity (Wildman–Crippen MR) is 40.7 cm³/mol. The molecule has 1 aromatic heterocycles. The molecule has 0 atom stereocenters. The third kappa shape index (κ3) is 1.88. The standard InChI is InChI=1S/C6H6ClNS/c1-5-2-3-6(9-7)4-8-5/h2-4H,1H3. The molecule has 0 saturated heterocycles. The van der Waals surface area contributed by atoms with Crippen molar-refractivity contribution in [2.24, 2.45) is 0 Å². The molecule has 3 heteroatoms. The van der Waals surface area contributed by atoms with Crippen molar-refractivity contribution in [3.8, 4) is 0 Å². The third-order valence-electron chi connectivity index (χ3n) is 0.973. The van der Waals surface area contributed by atoms with Crippen LogP contribution >= 0.6 is 21.7 Å². The predicted octanol–water partition coefficient (Wildman–Crippen LogP) is 2.64. The van der Waals surface area contributed by atoms with Gasteiger partial charge in [-0.25, -0.2) is 0 Å². The lowest BCUT2D eigenvalue weighted by molar-refractivity contribution is 1.15. The molecule has 1 heterocycles. The molecule has 0 aliphatic carbocycles. The largest absolute Gasteiger partial charge is 0.260 e. The summed E-state index contributed by atoms with van der Waals surface area (Å²) in [5.74, 6) is 0. The molecule has 0 saturated carbocycles. The highest BCUT2D eigenvalue weighted by atomic mass is 35.7. The van der Waals surface area contributed by atoms with E-state index in [2.05, 4.69) is 4.98 Å². The van der Waals surface area contributed by atoms with Gasteiger partial charge < -0.3 is 0 Å². The van der Waals surface area contributed by atoms with E-state index in [1.807, 2.05) is 19.1 Å². The molecule has 0 fully saturated rings. The average molecular weight is 160 g/mol. The van der Waals surface area contributed by atoms with Gasteiger partial charge in [0.15, 0.2) is 0 Å². The van der Waals surface area contributed by atoms with Crippen LogP contribution in [0.25, 0.3) is 0 Å². The van der Waals surface area contributed by atoms with Crippen LogP contribution in [0.15, 0.2) is 23.2 Å². The second kappa shape index (κ2) is 3.08. The van der Waals surface area contributed by atoms with Crippen LogP contribution in [0, 0.1) is 6.92 Å². The Morgan fingerprint density at radius 2 is 2.33 bits per heavy atom. The molecule has 0 aromatic carbocycles.